The highest BCUT2D eigenvalue weighted by Gasteiger charge is 2.53. The van der Waals surface area contributed by atoms with E-state index in [1.165, 1.54) is 10.5 Å². The van der Waals surface area contributed by atoms with Crippen molar-refractivity contribution in [1.29, 1.82) is 0 Å². The highest BCUT2D eigenvalue weighted by Crippen LogP contribution is 2.44. The molecule has 2 aliphatic heterocycles. The van der Waals surface area contributed by atoms with E-state index in [4.69, 9.17) is 0 Å². The van der Waals surface area contributed by atoms with Crippen molar-refractivity contribution in [1.82, 2.24) is 15.1 Å². The van der Waals surface area contributed by atoms with Crippen LogP contribution < -0.4 is 5.32 Å². The van der Waals surface area contributed by atoms with Gasteiger partial charge in [0, 0.05) is 54.9 Å². The Morgan fingerprint density at radius 3 is 1.71 bits per heavy atom. The Morgan fingerprint density at radius 2 is 1.21 bits per heavy atom. The van der Waals surface area contributed by atoms with Crippen molar-refractivity contribution in [3.05, 3.63) is 108 Å². The topological polar surface area (TPSA) is 107 Å². The molecule has 0 aliphatic carbocycles. The minimum atomic E-state index is -0.949. The molecule has 52 heavy (non-hydrogen) atoms. The van der Waals surface area contributed by atoms with Gasteiger partial charge in [0.05, 0.1) is 0 Å². The number of amides is 3. The normalized spacial score (nSPS) is 21.2. The Hall–Kier alpha value is -4.46. The molecule has 8 heteroatoms. The number of ketones is 2. The van der Waals surface area contributed by atoms with E-state index in [1.54, 1.807) is 13.8 Å². The second kappa shape index (κ2) is 17.4. The predicted molar refractivity (Wildman–Crippen MR) is 207 cm³/mol. The molecule has 3 aromatic rings. The molecular weight excluding hydrogens is 651 g/mol. The Balaban J connectivity index is 0.000000269. The summed E-state index contributed by atoms with van der Waals surface area (Å²) in [4.78, 5) is 53.7. The summed E-state index contributed by atoms with van der Waals surface area (Å²) < 4.78 is 0. The minimum Gasteiger partial charge on any atom is -0.465 e. The first kappa shape index (κ1) is 40.3. The first-order valence-electron chi connectivity index (χ1n) is 18.7. The molecule has 0 radical (unpaired) electrons. The second-order valence-electron chi connectivity index (χ2n) is 16.8. The van der Waals surface area contributed by atoms with E-state index in [-0.39, 0.29) is 53.7 Å². The van der Waals surface area contributed by atoms with Gasteiger partial charge in [0.2, 0.25) is 0 Å². The number of benzene rings is 3. The molecule has 3 atom stereocenters. The van der Waals surface area contributed by atoms with Crippen molar-refractivity contribution in [2.45, 2.75) is 98.1 Å². The molecule has 2 fully saturated rings. The Bertz CT molecular complexity index is 1630. The highest BCUT2D eigenvalue weighted by atomic mass is 16.4. The summed E-state index contributed by atoms with van der Waals surface area (Å²) >= 11 is 0. The highest BCUT2D eigenvalue weighted by molar-refractivity contribution is 5.89. The van der Waals surface area contributed by atoms with Crippen LogP contribution >= 0.6 is 0 Å². The molecule has 2 N–H and O–H groups in total. The van der Waals surface area contributed by atoms with Gasteiger partial charge in [-0.1, -0.05) is 112 Å². The maximum Gasteiger partial charge on any atom is 0.407 e. The summed E-state index contributed by atoms with van der Waals surface area (Å²) in [6.45, 7) is 15.4. The second-order valence-corrected chi connectivity index (χ2v) is 16.8. The van der Waals surface area contributed by atoms with Gasteiger partial charge in [-0.15, -0.1) is 0 Å². The fourth-order valence-electron chi connectivity index (χ4n) is 8.22. The van der Waals surface area contributed by atoms with E-state index in [9.17, 15) is 24.3 Å². The number of rotatable bonds is 9. The monoisotopic (exact) mass is 709 g/mol. The number of carbonyl (C=O) groups excluding carboxylic acids is 3. The molecule has 8 nitrogen and oxygen atoms in total. The number of Topliss-reactive ketones (excluding diaryl/α,β-unsaturated/α-hetero) is 2. The summed E-state index contributed by atoms with van der Waals surface area (Å²) in [6, 6.07) is 30.3. The number of unbranched alkanes of at least 4 members (excludes halogenated alkanes) is 1. The molecule has 0 aromatic heterocycles. The third-order valence-corrected chi connectivity index (χ3v) is 10.7. The molecule has 3 unspecified atom stereocenters. The lowest BCUT2D eigenvalue weighted by atomic mass is 9.62. The van der Waals surface area contributed by atoms with Crippen LogP contribution in [0.5, 0.6) is 0 Å². The van der Waals surface area contributed by atoms with Gasteiger partial charge in [0.1, 0.15) is 11.6 Å². The molecule has 0 bridgehead atoms. The van der Waals surface area contributed by atoms with Crippen LogP contribution in [0.3, 0.4) is 0 Å². The number of hydrogen-bond acceptors (Lipinski definition) is 4. The number of carboxylic acid groups (broad SMARTS) is 1. The van der Waals surface area contributed by atoms with Crippen LogP contribution in [0.25, 0.3) is 0 Å². The number of urea groups is 1. The van der Waals surface area contributed by atoms with E-state index < -0.39 is 17.2 Å². The molecule has 3 amide bonds. The number of nitrogens with one attached hydrogen (secondary N) is 1. The van der Waals surface area contributed by atoms with Crippen molar-refractivity contribution < 1.29 is 24.3 Å². The lowest BCUT2D eigenvalue weighted by Crippen LogP contribution is -2.66. The predicted octanol–water partition coefficient (Wildman–Crippen LogP) is 8.48. The molecule has 280 valence electrons. The van der Waals surface area contributed by atoms with Gasteiger partial charge in [-0.05, 0) is 81.9 Å². The Morgan fingerprint density at radius 1 is 0.731 bits per heavy atom. The SMILES string of the molecule is CC(C)(C)C1C(=O)C(Cc2ccccc2)CN(C(=O)NCCCCc2ccccc2)C1(C)C.CC1(C)CC(=O)C(Cc2ccccc2)CN1C(=O)O. The van der Waals surface area contributed by atoms with Crippen LogP contribution in [-0.4, -0.2) is 69.3 Å². The van der Waals surface area contributed by atoms with Gasteiger partial charge in [-0.25, -0.2) is 9.59 Å². The van der Waals surface area contributed by atoms with E-state index in [0.29, 0.717) is 25.9 Å². The van der Waals surface area contributed by atoms with Crippen LogP contribution in [0.4, 0.5) is 9.59 Å². The minimum absolute atomic E-state index is 0.0560. The fraction of sp³-hybridized carbons (Fsp3) is 0.500. The van der Waals surface area contributed by atoms with E-state index in [0.717, 1.165) is 30.4 Å². The summed E-state index contributed by atoms with van der Waals surface area (Å²) in [7, 11) is 0. The summed E-state index contributed by atoms with van der Waals surface area (Å²) in [5.74, 6) is -0.203. The Labute approximate surface area is 311 Å². The maximum atomic E-state index is 13.6. The first-order chi connectivity index (χ1) is 24.5. The van der Waals surface area contributed by atoms with Crippen molar-refractivity contribution in [3.8, 4) is 0 Å². The van der Waals surface area contributed by atoms with Crippen LogP contribution in [0, 0.1) is 23.2 Å². The van der Waals surface area contributed by atoms with Gasteiger partial charge in [0.15, 0.2) is 0 Å². The van der Waals surface area contributed by atoms with Gasteiger partial charge in [-0.2, -0.15) is 0 Å². The lowest BCUT2D eigenvalue weighted by Gasteiger charge is -2.53. The molecule has 0 spiro atoms. The van der Waals surface area contributed by atoms with Gasteiger partial charge >= 0.3 is 12.1 Å². The number of hydrogen-bond donors (Lipinski definition) is 2. The van der Waals surface area contributed by atoms with Crippen LogP contribution in [0.15, 0.2) is 91.0 Å². The standard InChI is InChI=1S/C29H40N2O2.C15H19NO3/c1-28(2,3)26-25(32)24(20-23-17-10-7-11-18-23)21-31(29(26,4)5)27(33)30-19-13-12-16-22-14-8-6-9-15-22;1-15(2)9-13(17)12(10-16(15)14(18)19)8-11-6-4-3-5-7-11/h6-11,14-15,17-18,24,26H,12-13,16,19-21H2,1-5H3,(H,30,33);3-7,12H,8-10H2,1-2H3,(H,18,19). The smallest absolute Gasteiger partial charge is 0.407 e. The third kappa shape index (κ3) is 10.5. The fourth-order valence-corrected chi connectivity index (χ4v) is 8.22. The molecule has 2 aliphatic rings. The average molecular weight is 710 g/mol. The number of likely N-dealkylation sites (tertiary alicyclic amines) is 2. The van der Waals surface area contributed by atoms with Gasteiger partial charge < -0.3 is 20.2 Å². The largest absolute Gasteiger partial charge is 0.465 e. The lowest BCUT2D eigenvalue weighted by molar-refractivity contribution is -0.143. The van der Waals surface area contributed by atoms with Gasteiger partial charge in [-0.3, -0.25) is 9.59 Å². The zero-order valence-electron chi connectivity index (χ0n) is 32.2. The van der Waals surface area contributed by atoms with Crippen molar-refractivity contribution in [2.24, 2.45) is 23.2 Å². The van der Waals surface area contributed by atoms with Crippen molar-refractivity contribution in [3.63, 3.8) is 0 Å². The molecular formula is C44H59N3O5. The zero-order valence-corrected chi connectivity index (χ0v) is 32.2. The number of piperidine rings is 2. The molecule has 0 saturated carbocycles. The number of carbonyl (C=O) groups is 4. The first-order valence-corrected chi connectivity index (χ1v) is 18.7. The molecule has 2 saturated heterocycles. The van der Waals surface area contributed by atoms with Crippen molar-refractivity contribution >= 4 is 23.7 Å². The van der Waals surface area contributed by atoms with E-state index in [2.05, 4.69) is 76.3 Å². The van der Waals surface area contributed by atoms with Crippen molar-refractivity contribution in [2.75, 3.05) is 19.6 Å². The van der Waals surface area contributed by atoms with Crippen LogP contribution in [-0.2, 0) is 28.9 Å². The summed E-state index contributed by atoms with van der Waals surface area (Å²) in [5.41, 5.74) is 2.17. The Kier molecular flexibility index (Phi) is 13.5. The third-order valence-electron chi connectivity index (χ3n) is 10.7. The van der Waals surface area contributed by atoms with Crippen LogP contribution in [0.2, 0.25) is 0 Å². The van der Waals surface area contributed by atoms with Gasteiger partial charge in [0.25, 0.3) is 0 Å². The van der Waals surface area contributed by atoms with E-state index >= 15 is 0 Å². The molecule has 5 rings (SSSR count). The zero-order chi connectivity index (χ0) is 38.1. The molecule has 3 aromatic carbocycles. The quantitative estimate of drug-likeness (QED) is 0.217. The summed E-state index contributed by atoms with van der Waals surface area (Å²) in [6.07, 6.45) is 3.61. The maximum absolute atomic E-state index is 13.6. The summed E-state index contributed by atoms with van der Waals surface area (Å²) in [5, 5.41) is 12.4. The average Bonchev–Trinajstić information content (AvgIpc) is 3.07. The van der Waals surface area contributed by atoms with E-state index in [1.807, 2.05) is 59.5 Å². The number of aryl methyl sites for hydroxylation is 1. The number of nitrogens with zero attached hydrogens (tertiary/aromatic N) is 2. The molecule has 2 heterocycles. The van der Waals surface area contributed by atoms with Crippen LogP contribution in [0.1, 0.15) is 84.4 Å².